The van der Waals surface area contributed by atoms with E-state index in [1.165, 1.54) is 0 Å². The highest BCUT2D eigenvalue weighted by Gasteiger charge is 2.14. The van der Waals surface area contributed by atoms with Gasteiger partial charge in [0.15, 0.2) is 11.6 Å². The van der Waals surface area contributed by atoms with E-state index in [4.69, 9.17) is 28.3 Å². The Kier molecular flexibility index (Phi) is 2.20. The predicted molar refractivity (Wildman–Crippen MR) is 38.0 cm³/mol. The molecule has 0 atom stereocenters. The van der Waals surface area contributed by atoms with Crippen LogP contribution in [-0.4, -0.2) is 5.11 Å². The Morgan fingerprint density at radius 2 is 1.82 bits per heavy atom. The summed E-state index contributed by atoms with van der Waals surface area (Å²) in [5.74, 6) is -3.58. The smallest absolute Gasteiger partial charge is 0.202 e. The van der Waals surface area contributed by atoms with Gasteiger partial charge in [0, 0.05) is 0 Å². The molecule has 0 aliphatic heterocycles. The minimum absolute atomic E-state index is 0.219. The third-order valence-electron chi connectivity index (χ3n) is 1.09. The lowest BCUT2D eigenvalue weighted by Crippen LogP contribution is -1.85. The quantitative estimate of drug-likeness (QED) is 0.636. The number of rotatable bonds is 0. The summed E-state index contributed by atoms with van der Waals surface area (Å²) in [5.41, 5.74) is 0. The lowest BCUT2D eigenvalue weighted by molar-refractivity contribution is 0.407. The molecule has 0 amide bonds. The second-order valence-corrected chi connectivity index (χ2v) is 2.60. The molecule has 1 aromatic rings. The number of hydrogen-bond acceptors (Lipinski definition) is 1. The van der Waals surface area contributed by atoms with Crippen LogP contribution in [0.5, 0.6) is 5.75 Å². The Bertz CT molecular complexity index is 275. The van der Waals surface area contributed by atoms with E-state index in [2.05, 4.69) is 0 Å². The zero-order valence-corrected chi connectivity index (χ0v) is 6.55. The van der Waals surface area contributed by atoms with Gasteiger partial charge >= 0.3 is 0 Å². The molecular formula is C6H2Cl2F2O. The maximum absolute atomic E-state index is 12.4. The van der Waals surface area contributed by atoms with Gasteiger partial charge in [-0.1, -0.05) is 23.2 Å². The van der Waals surface area contributed by atoms with Crippen LogP contribution >= 0.6 is 23.2 Å². The largest absolute Gasteiger partial charge is 0.504 e. The first-order valence-electron chi connectivity index (χ1n) is 2.56. The zero-order valence-electron chi connectivity index (χ0n) is 5.04. The molecular weight excluding hydrogens is 197 g/mol. The number of benzene rings is 1. The second kappa shape index (κ2) is 2.83. The van der Waals surface area contributed by atoms with Crippen molar-refractivity contribution >= 4 is 23.2 Å². The first kappa shape index (κ1) is 8.56. The lowest BCUT2D eigenvalue weighted by atomic mass is 10.3. The number of phenols is 1. The molecule has 0 bridgehead atoms. The molecule has 0 aromatic heterocycles. The van der Waals surface area contributed by atoms with Crippen molar-refractivity contribution in [1.82, 2.24) is 0 Å². The standard InChI is InChI=1S/C6H2Cl2F2O/c7-2-1-3(9)5(10)6(11)4(2)8/h1,11H. The van der Waals surface area contributed by atoms with E-state index in [-0.39, 0.29) is 10.0 Å². The van der Waals surface area contributed by atoms with E-state index < -0.39 is 17.4 Å². The van der Waals surface area contributed by atoms with Crippen LogP contribution in [-0.2, 0) is 0 Å². The molecule has 0 aliphatic rings. The number of phenolic OH excluding ortho intramolecular Hbond substituents is 1. The third-order valence-corrected chi connectivity index (χ3v) is 1.87. The Labute approximate surface area is 71.2 Å². The SMILES string of the molecule is Oc1c(F)c(F)cc(Cl)c1Cl. The van der Waals surface area contributed by atoms with Crippen LogP contribution in [0.3, 0.4) is 0 Å². The summed E-state index contributed by atoms with van der Waals surface area (Å²) in [6.07, 6.45) is 0. The van der Waals surface area contributed by atoms with Crippen molar-refractivity contribution in [3.05, 3.63) is 27.7 Å². The summed E-state index contributed by atoms with van der Waals surface area (Å²) in [6.45, 7) is 0. The molecule has 0 fully saturated rings. The van der Waals surface area contributed by atoms with Crippen molar-refractivity contribution in [2.24, 2.45) is 0 Å². The molecule has 0 saturated carbocycles. The van der Waals surface area contributed by atoms with Gasteiger partial charge < -0.3 is 5.11 Å². The molecule has 1 aromatic carbocycles. The first-order valence-corrected chi connectivity index (χ1v) is 3.31. The van der Waals surface area contributed by atoms with Crippen LogP contribution in [0.1, 0.15) is 0 Å². The molecule has 1 nitrogen and oxygen atoms in total. The fourth-order valence-electron chi connectivity index (χ4n) is 0.561. The Hall–Kier alpha value is -0.540. The summed E-state index contributed by atoms with van der Waals surface area (Å²) >= 11 is 10.6. The van der Waals surface area contributed by atoms with E-state index in [9.17, 15) is 8.78 Å². The van der Waals surface area contributed by atoms with Crippen LogP contribution in [0.25, 0.3) is 0 Å². The third kappa shape index (κ3) is 1.39. The molecule has 1 N–H and O–H groups in total. The first-order chi connectivity index (χ1) is 5.04. The highest BCUT2D eigenvalue weighted by atomic mass is 35.5. The summed E-state index contributed by atoms with van der Waals surface area (Å²) in [7, 11) is 0. The van der Waals surface area contributed by atoms with E-state index in [1.807, 2.05) is 0 Å². The van der Waals surface area contributed by atoms with Gasteiger partial charge in [0.05, 0.1) is 5.02 Å². The summed E-state index contributed by atoms with van der Waals surface area (Å²) in [5, 5.41) is 8.13. The molecule has 0 aliphatic carbocycles. The van der Waals surface area contributed by atoms with E-state index in [0.29, 0.717) is 6.07 Å². The zero-order chi connectivity index (χ0) is 8.59. The minimum atomic E-state index is -1.39. The Morgan fingerprint density at radius 1 is 1.27 bits per heavy atom. The number of halogens is 4. The van der Waals surface area contributed by atoms with Crippen LogP contribution in [0.15, 0.2) is 6.07 Å². The van der Waals surface area contributed by atoms with Gasteiger partial charge in [-0.05, 0) is 6.07 Å². The Balaban J connectivity index is 3.46. The minimum Gasteiger partial charge on any atom is -0.504 e. The van der Waals surface area contributed by atoms with Gasteiger partial charge in [-0.15, -0.1) is 0 Å². The van der Waals surface area contributed by atoms with Crippen molar-refractivity contribution in [3.63, 3.8) is 0 Å². The van der Waals surface area contributed by atoms with Gasteiger partial charge in [-0.2, -0.15) is 4.39 Å². The van der Waals surface area contributed by atoms with Crippen molar-refractivity contribution in [3.8, 4) is 5.75 Å². The van der Waals surface area contributed by atoms with Gasteiger partial charge in [-0.3, -0.25) is 0 Å². The summed E-state index contributed by atoms with van der Waals surface area (Å²) < 4.78 is 24.7. The molecule has 0 spiro atoms. The topological polar surface area (TPSA) is 20.2 Å². The highest BCUT2D eigenvalue weighted by Crippen LogP contribution is 2.34. The van der Waals surface area contributed by atoms with Crippen LogP contribution in [0.2, 0.25) is 10.0 Å². The predicted octanol–water partition coefficient (Wildman–Crippen LogP) is 2.98. The van der Waals surface area contributed by atoms with E-state index in [0.717, 1.165) is 0 Å². The van der Waals surface area contributed by atoms with Crippen molar-refractivity contribution < 1.29 is 13.9 Å². The van der Waals surface area contributed by atoms with Gasteiger partial charge in [0.1, 0.15) is 5.02 Å². The van der Waals surface area contributed by atoms with Crippen LogP contribution in [0.4, 0.5) is 8.78 Å². The fourth-order valence-corrected chi connectivity index (χ4v) is 0.883. The molecule has 0 heterocycles. The van der Waals surface area contributed by atoms with Gasteiger partial charge in [-0.25, -0.2) is 4.39 Å². The van der Waals surface area contributed by atoms with Crippen LogP contribution < -0.4 is 0 Å². The number of hydrogen-bond donors (Lipinski definition) is 1. The molecule has 0 saturated heterocycles. The molecule has 0 unspecified atom stereocenters. The average Bonchev–Trinajstić information content (AvgIpc) is 1.97. The molecule has 60 valence electrons. The molecule has 5 heteroatoms. The van der Waals surface area contributed by atoms with E-state index in [1.54, 1.807) is 0 Å². The van der Waals surface area contributed by atoms with Crippen LogP contribution in [0, 0.1) is 11.6 Å². The number of aromatic hydroxyl groups is 1. The normalized spacial score (nSPS) is 10.2. The lowest BCUT2D eigenvalue weighted by Gasteiger charge is -2.00. The van der Waals surface area contributed by atoms with Crippen molar-refractivity contribution in [2.75, 3.05) is 0 Å². The van der Waals surface area contributed by atoms with Gasteiger partial charge in [0.2, 0.25) is 5.82 Å². The maximum atomic E-state index is 12.4. The molecule has 11 heavy (non-hydrogen) atoms. The molecule has 1 rings (SSSR count). The molecule has 0 radical (unpaired) electrons. The van der Waals surface area contributed by atoms with Crippen molar-refractivity contribution in [2.45, 2.75) is 0 Å². The second-order valence-electron chi connectivity index (χ2n) is 1.82. The Morgan fingerprint density at radius 3 is 2.36 bits per heavy atom. The monoisotopic (exact) mass is 198 g/mol. The van der Waals surface area contributed by atoms with Gasteiger partial charge in [0.25, 0.3) is 0 Å². The average molecular weight is 199 g/mol. The summed E-state index contributed by atoms with van der Waals surface area (Å²) in [4.78, 5) is 0. The highest BCUT2D eigenvalue weighted by molar-refractivity contribution is 6.42. The van der Waals surface area contributed by atoms with Crippen molar-refractivity contribution in [1.29, 1.82) is 0 Å². The fraction of sp³-hybridized carbons (Fsp3) is 0. The summed E-state index contributed by atoms with van der Waals surface area (Å²) in [6, 6.07) is 0.693. The maximum Gasteiger partial charge on any atom is 0.202 e. The van der Waals surface area contributed by atoms with E-state index >= 15 is 0 Å².